The molecule has 1 saturated carbocycles. The van der Waals surface area contributed by atoms with Crippen LogP contribution in [0.15, 0.2) is 77.3 Å². The van der Waals surface area contributed by atoms with Gasteiger partial charge in [0.05, 0.1) is 6.42 Å². The highest BCUT2D eigenvalue weighted by molar-refractivity contribution is 9.10. The van der Waals surface area contributed by atoms with E-state index in [-0.39, 0.29) is 24.3 Å². The molecule has 0 spiro atoms. The number of nitrogens with one attached hydrogen (secondary N) is 1. The minimum atomic E-state index is -0.591. The van der Waals surface area contributed by atoms with E-state index in [0.717, 1.165) is 46.8 Å². The van der Waals surface area contributed by atoms with Crippen LogP contribution < -0.4 is 5.32 Å². The summed E-state index contributed by atoms with van der Waals surface area (Å²) < 4.78 is 0.986. The van der Waals surface area contributed by atoms with Gasteiger partial charge in [-0.15, -0.1) is 0 Å². The summed E-state index contributed by atoms with van der Waals surface area (Å²) in [7, 11) is 0. The Balaban J connectivity index is 1.65. The lowest BCUT2D eigenvalue weighted by Crippen LogP contribution is -2.53. The lowest BCUT2D eigenvalue weighted by molar-refractivity contribution is -0.141. The number of nitrogens with zero attached hydrogens (tertiary/aromatic N) is 1. The van der Waals surface area contributed by atoms with Gasteiger partial charge < -0.3 is 10.2 Å². The Morgan fingerprint density at radius 2 is 1.54 bits per heavy atom. The molecule has 0 aromatic heterocycles. The van der Waals surface area contributed by atoms with Crippen LogP contribution >= 0.6 is 15.9 Å². The number of amides is 2. The minimum absolute atomic E-state index is 0.0362. The summed E-state index contributed by atoms with van der Waals surface area (Å²) in [5.74, 6) is -0.0906. The van der Waals surface area contributed by atoms with Gasteiger partial charge in [0.2, 0.25) is 11.8 Å². The van der Waals surface area contributed by atoms with Crippen molar-refractivity contribution in [3.8, 4) is 0 Å². The summed E-state index contributed by atoms with van der Waals surface area (Å²) in [5, 5.41) is 3.31. The van der Waals surface area contributed by atoms with Gasteiger partial charge in [0, 0.05) is 23.5 Å². The molecule has 3 aromatic rings. The monoisotopic (exact) mass is 560 g/mol. The normalized spacial score (nSPS) is 14.7. The molecule has 0 saturated heterocycles. The third-order valence-electron chi connectivity index (χ3n) is 7.42. The first-order chi connectivity index (χ1) is 17.9. The van der Waals surface area contributed by atoms with Gasteiger partial charge in [-0.25, -0.2) is 0 Å². The number of halogens is 1. The number of carbonyl (C=O) groups is 2. The zero-order valence-corrected chi connectivity index (χ0v) is 23.5. The average Bonchev–Trinajstić information content (AvgIpc) is 2.90. The molecule has 3 aromatic carbocycles. The summed E-state index contributed by atoms with van der Waals surface area (Å²) in [5.41, 5.74) is 5.39. The largest absolute Gasteiger partial charge is 0.352 e. The molecule has 194 valence electrons. The van der Waals surface area contributed by atoms with Crippen molar-refractivity contribution in [3.63, 3.8) is 0 Å². The standard InChI is InChI=1S/C32H37BrN2O2/c1-23-13-14-27(19-24(23)2)21-31(36)35(22-26-15-17-28(33)18-16-26)30(20-25-9-5-3-6-10-25)32(37)34-29-11-7-4-8-12-29/h3,5-6,9-10,13-19,29-30H,4,7-8,11-12,20-22H2,1-2H3,(H,34,37)/t30-/m0/s1. The molecule has 37 heavy (non-hydrogen) atoms. The Kier molecular flexibility index (Phi) is 9.56. The molecule has 1 aliphatic carbocycles. The summed E-state index contributed by atoms with van der Waals surface area (Å²) in [4.78, 5) is 29.6. The van der Waals surface area contributed by atoms with E-state index in [1.165, 1.54) is 17.5 Å². The molecular formula is C32H37BrN2O2. The zero-order chi connectivity index (χ0) is 26.2. The van der Waals surface area contributed by atoms with Crippen molar-refractivity contribution in [2.24, 2.45) is 0 Å². The van der Waals surface area contributed by atoms with E-state index in [1.54, 1.807) is 4.90 Å². The van der Waals surface area contributed by atoms with Gasteiger partial charge >= 0.3 is 0 Å². The van der Waals surface area contributed by atoms with E-state index in [4.69, 9.17) is 0 Å². The van der Waals surface area contributed by atoms with E-state index >= 15 is 0 Å². The Hall–Kier alpha value is -2.92. The minimum Gasteiger partial charge on any atom is -0.352 e. The first-order valence-corrected chi connectivity index (χ1v) is 14.1. The van der Waals surface area contributed by atoms with Crippen molar-refractivity contribution in [1.82, 2.24) is 10.2 Å². The summed E-state index contributed by atoms with van der Waals surface area (Å²) >= 11 is 3.50. The number of aryl methyl sites for hydroxylation is 2. The van der Waals surface area contributed by atoms with Gasteiger partial charge in [-0.05, 0) is 66.6 Å². The lowest BCUT2D eigenvalue weighted by atomic mass is 9.94. The number of rotatable bonds is 9. The van der Waals surface area contributed by atoms with Crippen LogP contribution in [0.1, 0.15) is 59.9 Å². The maximum Gasteiger partial charge on any atom is 0.243 e. The maximum absolute atomic E-state index is 13.9. The highest BCUT2D eigenvalue weighted by atomic mass is 79.9. The van der Waals surface area contributed by atoms with Gasteiger partial charge in [0.15, 0.2) is 0 Å². The van der Waals surface area contributed by atoms with Gasteiger partial charge in [-0.1, -0.05) is 95.9 Å². The van der Waals surface area contributed by atoms with Crippen LogP contribution in [0.25, 0.3) is 0 Å². The average molecular weight is 562 g/mol. The van der Waals surface area contributed by atoms with Gasteiger partial charge in [-0.2, -0.15) is 0 Å². The van der Waals surface area contributed by atoms with Crippen LogP contribution in [0.4, 0.5) is 0 Å². The molecule has 1 aliphatic rings. The lowest BCUT2D eigenvalue weighted by Gasteiger charge is -2.33. The van der Waals surface area contributed by atoms with Crippen LogP contribution in [-0.2, 0) is 29.0 Å². The van der Waals surface area contributed by atoms with Gasteiger partial charge in [0.25, 0.3) is 0 Å². The molecule has 0 bridgehead atoms. The van der Waals surface area contributed by atoms with Crippen molar-refractivity contribution < 1.29 is 9.59 Å². The van der Waals surface area contributed by atoms with Crippen molar-refractivity contribution in [1.29, 1.82) is 0 Å². The summed E-state index contributed by atoms with van der Waals surface area (Å²) in [6, 6.07) is 23.8. The Bertz CT molecular complexity index is 1190. The third-order valence-corrected chi connectivity index (χ3v) is 7.94. The molecule has 0 heterocycles. The van der Waals surface area contributed by atoms with Crippen molar-refractivity contribution in [2.75, 3.05) is 0 Å². The van der Waals surface area contributed by atoms with E-state index in [0.29, 0.717) is 13.0 Å². The number of carbonyl (C=O) groups excluding carboxylic acids is 2. The van der Waals surface area contributed by atoms with Gasteiger partial charge in [0.1, 0.15) is 6.04 Å². The van der Waals surface area contributed by atoms with E-state index in [1.807, 2.05) is 60.7 Å². The molecule has 0 aliphatic heterocycles. The quantitative estimate of drug-likeness (QED) is 0.316. The molecule has 1 N–H and O–H groups in total. The molecule has 0 radical (unpaired) electrons. The second kappa shape index (κ2) is 13.0. The first-order valence-electron chi connectivity index (χ1n) is 13.3. The van der Waals surface area contributed by atoms with Crippen molar-refractivity contribution in [3.05, 3.63) is 105 Å². The fraction of sp³-hybridized carbons (Fsp3) is 0.375. The SMILES string of the molecule is Cc1ccc(CC(=O)N(Cc2ccc(Br)cc2)[C@@H](Cc2ccccc2)C(=O)NC2CCCCC2)cc1C. The van der Waals surface area contributed by atoms with E-state index < -0.39 is 6.04 Å². The molecule has 2 amide bonds. The zero-order valence-electron chi connectivity index (χ0n) is 21.9. The molecule has 1 atom stereocenters. The van der Waals surface area contributed by atoms with E-state index in [9.17, 15) is 9.59 Å². The number of hydrogen-bond acceptors (Lipinski definition) is 2. The smallest absolute Gasteiger partial charge is 0.243 e. The third kappa shape index (κ3) is 7.78. The molecule has 1 fully saturated rings. The van der Waals surface area contributed by atoms with Crippen LogP contribution in [0.3, 0.4) is 0 Å². The Morgan fingerprint density at radius 3 is 2.22 bits per heavy atom. The molecule has 4 rings (SSSR count). The first kappa shape index (κ1) is 27.1. The predicted octanol–water partition coefficient (Wildman–Crippen LogP) is 6.70. The Labute approximate surface area is 229 Å². The molecule has 5 heteroatoms. The number of hydrogen-bond donors (Lipinski definition) is 1. The van der Waals surface area contributed by atoms with Crippen LogP contribution in [-0.4, -0.2) is 28.8 Å². The predicted molar refractivity (Wildman–Crippen MR) is 153 cm³/mol. The maximum atomic E-state index is 13.9. The molecule has 0 unspecified atom stereocenters. The summed E-state index contributed by atoms with van der Waals surface area (Å²) in [6.45, 7) is 4.53. The molecule has 4 nitrogen and oxygen atoms in total. The highest BCUT2D eigenvalue weighted by Gasteiger charge is 2.32. The fourth-order valence-electron chi connectivity index (χ4n) is 5.07. The van der Waals surface area contributed by atoms with Crippen LogP contribution in [0.5, 0.6) is 0 Å². The summed E-state index contributed by atoms with van der Waals surface area (Å²) in [6.07, 6.45) is 6.27. The van der Waals surface area contributed by atoms with Crippen LogP contribution in [0.2, 0.25) is 0 Å². The van der Waals surface area contributed by atoms with Crippen LogP contribution in [0, 0.1) is 13.8 Å². The van der Waals surface area contributed by atoms with Crippen molar-refractivity contribution in [2.45, 2.75) is 77.4 Å². The molecular weight excluding hydrogens is 524 g/mol. The van der Waals surface area contributed by atoms with Crippen molar-refractivity contribution >= 4 is 27.7 Å². The Morgan fingerprint density at radius 1 is 0.865 bits per heavy atom. The number of benzene rings is 3. The second-order valence-electron chi connectivity index (χ2n) is 10.3. The topological polar surface area (TPSA) is 49.4 Å². The van der Waals surface area contributed by atoms with Gasteiger partial charge in [-0.3, -0.25) is 9.59 Å². The second-order valence-corrected chi connectivity index (χ2v) is 11.2. The van der Waals surface area contributed by atoms with E-state index in [2.05, 4.69) is 47.2 Å². The fourth-order valence-corrected chi connectivity index (χ4v) is 5.34. The highest BCUT2D eigenvalue weighted by Crippen LogP contribution is 2.21.